The summed E-state index contributed by atoms with van der Waals surface area (Å²) in [6, 6.07) is 7.74. The quantitative estimate of drug-likeness (QED) is 0.855. The van der Waals surface area contributed by atoms with Gasteiger partial charge in [-0.25, -0.2) is 0 Å². The number of nitrogens with one attached hydrogen (secondary N) is 1. The number of rotatable bonds is 5. The summed E-state index contributed by atoms with van der Waals surface area (Å²) >= 11 is 6.14. The molecule has 1 aromatic rings. The van der Waals surface area contributed by atoms with Crippen molar-refractivity contribution in [1.29, 1.82) is 0 Å². The highest BCUT2D eigenvalue weighted by molar-refractivity contribution is 6.30. The van der Waals surface area contributed by atoms with Gasteiger partial charge in [0, 0.05) is 30.2 Å². The first-order valence-corrected chi connectivity index (χ1v) is 8.74. The van der Waals surface area contributed by atoms with Crippen LogP contribution < -0.4 is 5.32 Å². The Morgan fingerprint density at radius 1 is 1.25 bits per heavy atom. The van der Waals surface area contributed by atoms with E-state index in [9.17, 15) is 9.59 Å². The van der Waals surface area contributed by atoms with E-state index < -0.39 is 17.8 Å². The highest BCUT2D eigenvalue weighted by Crippen LogP contribution is 2.37. The predicted molar refractivity (Wildman–Crippen MR) is 90.0 cm³/mol. The maximum Gasteiger partial charge on any atom is 0.307 e. The summed E-state index contributed by atoms with van der Waals surface area (Å²) in [6.07, 6.45) is 2.85. The number of hydrogen-bond donors (Lipinski definition) is 2. The van der Waals surface area contributed by atoms with Crippen LogP contribution >= 0.6 is 11.6 Å². The molecule has 0 aromatic heterocycles. The summed E-state index contributed by atoms with van der Waals surface area (Å²) in [6.45, 7) is 1.77. The fraction of sp³-hybridized carbons (Fsp3) is 0.556. The predicted octanol–water partition coefficient (Wildman–Crippen LogP) is 2.62. The molecule has 2 fully saturated rings. The number of halogens is 1. The Bertz CT molecular complexity index is 627. The summed E-state index contributed by atoms with van der Waals surface area (Å²) in [4.78, 5) is 23.5. The fourth-order valence-electron chi connectivity index (χ4n) is 3.64. The molecule has 2 aliphatic rings. The van der Waals surface area contributed by atoms with E-state index >= 15 is 0 Å². The summed E-state index contributed by atoms with van der Waals surface area (Å²) in [5.41, 5.74) is 0.892. The Kier molecular flexibility index (Phi) is 5.11. The van der Waals surface area contributed by atoms with E-state index in [-0.39, 0.29) is 11.3 Å². The Hall–Kier alpha value is -1.59. The Morgan fingerprint density at radius 2 is 1.96 bits per heavy atom. The van der Waals surface area contributed by atoms with Crippen LogP contribution in [0.5, 0.6) is 0 Å². The second-order valence-corrected chi connectivity index (χ2v) is 7.19. The molecule has 1 heterocycles. The third-order valence-corrected chi connectivity index (χ3v) is 5.65. The van der Waals surface area contributed by atoms with Gasteiger partial charge in [0.25, 0.3) is 0 Å². The van der Waals surface area contributed by atoms with Crippen LogP contribution in [0, 0.1) is 11.8 Å². The lowest BCUT2D eigenvalue weighted by molar-refractivity contribution is -0.152. The number of ether oxygens (including phenoxy) is 1. The lowest BCUT2D eigenvalue weighted by atomic mass is 9.72. The highest BCUT2D eigenvalue weighted by atomic mass is 35.5. The minimum atomic E-state index is -0.878. The number of carbonyl (C=O) groups excluding carboxylic acids is 1. The molecule has 1 amide bonds. The Labute approximate surface area is 146 Å². The number of carboxylic acid groups (broad SMARTS) is 1. The van der Waals surface area contributed by atoms with Gasteiger partial charge in [0.15, 0.2) is 0 Å². The molecule has 0 spiro atoms. The summed E-state index contributed by atoms with van der Waals surface area (Å²) in [5, 5.41) is 12.8. The van der Waals surface area contributed by atoms with Crippen LogP contribution in [0.1, 0.15) is 31.2 Å². The van der Waals surface area contributed by atoms with Gasteiger partial charge >= 0.3 is 5.97 Å². The van der Waals surface area contributed by atoms with Gasteiger partial charge in [0.2, 0.25) is 5.91 Å². The van der Waals surface area contributed by atoms with Crippen LogP contribution in [-0.2, 0) is 19.7 Å². The normalized spacial score (nSPS) is 25.5. The third kappa shape index (κ3) is 3.42. The van der Waals surface area contributed by atoms with Crippen molar-refractivity contribution in [3.05, 3.63) is 34.9 Å². The molecule has 0 bridgehead atoms. The largest absolute Gasteiger partial charge is 0.481 e. The third-order valence-electron chi connectivity index (χ3n) is 5.42. The lowest BCUT2D eigenvalue weighted by Crippen LogP contribution is -2.49. The zero-order valence-electron chi connectivity index (χ0n) is 13.5. The first kappa shape index (κ1) is 17.2. The van der Waals surface area contributed by atoms with Crippen molar-refractivity contribution in [2.75, 3.05) is 19.8 Å². The van der Waals surface area contributed by atoms with Crippen LogP contribution in [0.15, 0.2) is 24.3 Å². The Morgan fingerprint density at radius 3 is 2.54 bits per heavy atom. The van der Waals surface area contributed by atoms with Crippen molar-refractivity contribution >= 4 is 23.5 Å². The van der Waals surface area contributed by atoms with E-state index in [2.05, 4.69) is 5.32 Å². The average Bonchev–Trinajstić information content (AvgIpc) is 2.52. The average molecular weight is 352 g/mol. The molecular weight excluding hydrogens is 330 g/mol. The van der Waals surface area contributed by atoms with E-state index in [1.54, 1.807) is 0 Å². The van der Waals surface area contributed by atoms with Crippen molar-refractivity contribution < 1.29 is 19.4 Å². The fourth-order valence-corrected chi connectivity index (χ4v) is 3.84. The zero-order valence-corrected chi connectivity index (χ0v) is 14.2. The lowest BCUT2D eigenvalue weighted by Gasteiger charge is -2.39. The second-order valence-electron chi connectivity index (χ2n) is 6.75. The molecule has 2 N–H and O–H groups in total. The standard InChI is InChI=1S/C18H22ClNO4/c19-13-3-1-2-12(10-13)18(6-8-24-9-7-18)11-20-16(21)14-4-5-15(14)17(22)23/h1-3,10,14-15H,4-9,11H2,(H,20,21)(H,22,23). The van der Waals surface area contributed by atoms with Gasteiger partial charge in [-0.2, -0.15) is 0 Å². The van der Waals surface area contributed by atoms with E-state index in [1.807, 2.05) is 24.3 Å². The molecular formula is C18H22ClNO4. The molecule has 2 unspecified atom stereocenters. The van der Waals surface area contributed by atoms with E-state index in [0.29, 0.717) is 37.6 Å². The molecule has 1 saturated carbocycles. The highest BCUT2D eigenvalue weighted by Gasteiger charge is 2.42. The molecule has 1 aliphatic heterocycles. The first-order chi connectivity index (χ1) is 11.5. The molecule has 2 atom stereocenters. The monoisotopic (exact) mass is 351 g/mol. The summed E-state index contributed by atoms with van der Waals surface area (Å²) < 4.78 is 5.49. The summed E-state index contributed by atoms with van der Waals surface area (Å²) in [7, 11) is 0. The first-order valence-electron chi connectivity index (χ1n) is 8.36. The maximum absolute atomic E-state index is 12.4. The molecule has 1 aliphatic carbocycles. The molecule has 130 valence electrons. The molecule has 6 heteroatoms. The number of benzene rings is 1. The van der Waals surface area contributed by atoms with Crippen LogP contribution in [0.25, 0.3) is 0 Å². The number of hydrogen-bond acceptors (Lipinski definition) is 3. The van der Waals surface area contributed by atoms with Crippen molar-refractivity contribution in [2.24, 2.45) is 11.8 Å². The molecule has 0 radical (unpaired) electrons. The van der Waals surface area contributed by atoms with E-state index in [0.717, 1.165) is 18.4 Å². The molecule has 1 saturated heterocycles. The van der Waals surface area contributed by atoms with Crippen LogP contribution in [0.2, 0.25) is 5.02 Å². The smallest absolute Gasteiger partial charge is 0.307 e. The molecule has 3 rings (SSSR count). The van der Waals surface area contributed by atoms with Crippen LogP contribution in [0.4, 0.5) is 0 Å². The van der Waals surface area contributed by atoms with E-state index in [4.69, 9.17) is 21.4 Å². The van der Waals surface area contributed by atoms with Gasteiger partial charge in [-0.1, -0.05) is 23.7 Å². The van der Waals surface area contributed by atoms with E-state index in [1.165, 1.54) is 0 Å². The maximum atomic E-state index is 12.4. The number of carbonyl (C=O) groups is 2. The van der Waals surface area contributed by atoms with Crippen LogP contribution in [0.3, 0.4) is 0 Å². The topological polar surface area (TPSA) is 75.6 Å². The molecule has 1 aromatic carbocycles. The van der Waals surface area contributed by atoms with Crippen LogP contribution in [-0.4, -0.2) is 36.7 Å². The minimum absolute atomic E-state index is 0.151. The van der Waals surface area contributed by atoms with Gasteiger partial charge in [-0.3, -0.25) is 9.59 Å². The number of aliphatic carboxylic acids is 1. The zero-order chi connectivity index (χ0) is 17.2. The molecule has 24 heavy (non-hydrogen) atoms. The van der Waals surface area contributed by atoms with Crippen molar-refractivity contribution in [3.63, 3.8) is 0 Å². The Balaban J connectivity index is 1.71. The van der Waals surface area contributed by atoms with Crippen molar-refractivity contribution in [1.82, 2.24) is 5.32 Å². The van der Waals surface area contributed by atoms with Gasteiger partial charge in [0.1, 0.15) is 0 Å². The minimum Gasteiger partial charge on any atom is -0.481 e. The van der Waals surface area contributed by atoms with Gasteiger partial charge < -0.3 is 15.2 Å². The number of amides is 1. The van der Waals surface area contributed by atoms with Crippen molar-refractivity contribution in [2.45, 2.75) is 31.1 Å². The van der Waals surface area contributed by atoms with Crippen molar-refractivity contribution in [3.8, 4) is 0 Å². The number of carboxylic acids is 1. The summed E-state index contributed by atoms with van der Waals surface area (Å²) in [5.74, 6) is -1.97. The SMILES string of the molecule is O=C(O)C1CCC1C(=O)NCC1(c2cccc(Cl)c2)CCOCC1. The van der Waals surface area contributed by atoms with Gasteiger partial charge in [-0.05, 0) is 43.4 Å². The second kappa shape index (κ2) is 7.11. The van der Waals surface area contributed by atoms with Gasteiger partial charge in [0.05, 0.1) is 11.8 Å². The van der Waals surface area contributed by atoms with Gasteiger partial charge in [-0.15, -0.1) is 0 Å². The molecule has 5 nitrogen and oxygen atoms in total.